The topological polar surface area (TPSA) is 15.7 Å². The van der Waals surface area contributed by atoms with E-state index in [-0.39, 0.29) is 5.72 Å². The van der Waals surface area contributed by atoms with Crippen LogP contribution in [0.2, 0.25) is 0 Å². The normalized spacial score (nSPS) is 39.9. The lowest BCUT2D eigenvalue weighted by Gasteiger charge is -2.45. The van der Waals surface area contributed by atoms with E-state index in [1.54, 1.807) is 0 Å². The molecule has 0 bridgehead atoms. The number of nitrogens with zero attached hydrogens (tertiary/aromatic N) is 2. The van der Waals surface area contributed by atoms with Crippen LogP contribution in [0.5, 0.6) is 0 Å². The van der Waals surface area contributed by atoms with Crippen LogP contribution in [0.25, 0.3) is 0 Å². The van der Waals surface area contributed by atoms with Gasteiger partial charge < -0.3 is 9.64 Å². The van der Waals surface area contributed by atoms with Gasteiger partial charge in [-0.25, -0.2) is 0 Å². The highest BCUT2D eigenvalue weighted by Crippen LogP contribution is 2.40. The minimum Gasteiger partial charge on any atom is -0.355 e. The van der Waals surface area contributed by atoms with Crippen molar-refractivity contribution in [3.63, 3.8) is 0 Å². The Bertz CT molecular complexity index is 455. The summed E-state index contributed by atoms with van der Waals surface area (Å²) in [7, 11) is 4.46. The summed E-state index contributed by atoms with van der Waals surface area (Å²) in [6.07, 6.45) is 18.3. The lowest BCUT2D eigenvalue weighted by atomic mass is 9.80. The SMILES string of the molecule is CCC1CCCCC1N1CCOC1(/C=C/C1CCC(N(C)C)CC1)CC. The lowest BCUT2D eigenvalue weighted by Crippen LogP contribution is -2.52. The Hall–Kier alpha value is -0.380. The molecule has 3 unspecified atom stereocenters. The molecule has 0 radical (unpaired) electrons. The van der Waals surface area contributed by atoms with Crippen LogP contribution < -0.4 is 0 Å². The molecule has 3 nitrogen and oxygen atoms in total. The van der Waals surface area contributed by atoms with Gasteiger partial charge in [-0.2, -0.15) is 0 Å². The Morgan fingerprint density at radius 3 is 2.42 bits per heavy atom. The molecule has 1 saturated heterocycles. The van der Waals surface area contributed by atoms with E-state index in [0.717, 1.165) is 43.5 Å². The summed E-state index contributed by atoms with van der Waals surface area (Å²) in [6, 6.07) is 1.51. The second-order valence-electron chi connectivity index (χ2n) is 9.15. The molecule has 1 heterocycles. The van der Waals surface area contributed by atoms with Gasteiger partial charge in [0, 0.05) is 18.6 Å². The summed E-state index contributed by atoms with van der Waals surface area (Å²) in [5.41, 5.74) is -0.131. The first-order valence-electron chi connectivity index (χ1n) is 11.4. The molecule has 0 amide bonds. The zero-order valence-electron chi connectivity index (χ0n) is 17.8. The molecule has 0 aromatic rings. The van der Waals surface area contributed by atoms with Crippen molar-refractivity contribution in [3.8, 4) is 0 Å². The fourth-order valence-electron chi connectivity index (χ4n) is 5.78. The molecule has 26 heavy (non-hydrogen) atoms. The second-order valence-corrected chi connectivity index (χ2v) is 9.15. The maximum atomic E-state index is 6.43. The first-order chi connectivity index (χ1) is 12.6. The fourth-order valence-corrected chi connectivity index (χ4v) is 5.78. The smallest absolute Gasteiger partial charge is 0.140 e. The van der Waals surface area contributed by atoms with Crippen molar-refractivity contribution >= 4 is 0 Å². The Kier molecular flexibility index (Phi) is 7.21. The van der Waals surface area contributed by atoms with Crippen molar-refractivity contribution in [2.45, 2.75) is 95.9 Å². The highest BCUT2D eigenvalue weighted by Gasteiger charge is 2.44. The van der Waals surface area contributed by atoms with Gasteiger partial charge in [0.2, 0.25) is 0 Å². The molecule has 3 fully saturated rings. The third-order valence-electron chi connectivity index (χ3n) is 7.57. The summed E-state index contributed by atoms with van der Waals surface area (Å²) in [5.74, 6) is 1.61. The maximum Gasteiger partial charge on any atom is 0.140 e. The van der Waals surface area contributed by atoms with E-state index in [9.17, 15) is 0 Å². The van der Waals surface area contributed by atoms with Crippen LogP contribution >= 0.6 is 0 Å². The van der Waals surface area contributed by atoms with Crippen LogP contribution in [0.15, 0.2) is 12.2 Å². The van der Waals surface area contributed by atoms with Crippen LogP contribution in [-0.4, -0.2) is 54.9 Å². The standard InChI is InChI=1S/C23H42N2O/c1-5-20-9-7-8-10-22(20)25-17-18-26-23(25,6-2)16-15-19-11-13-21(14-12-19)24(3)4/h15-16,19-22H,5-14,17-18H2,1-4H3/b16-15+. The average molecular weight is 363 g/mol. The van der Waals surface area contributed by atoms with Crippen molar-refractivity contribution in [2.24, 2.45) is 11.8 Å². The Morgan fingerprint density at radius 2 is 1.77 bits per heavy atom. The summed E-state index contributed by atoms with van der Waals surface area (Å²) < 4.78 is 6.43. The van der Waals surface area contributed by atoms with Crippen LogP contribution in [0.3, 0.4) is 0 Å². The second kappa shape index (κ2) is 9.21. The van der Waals surface area contributed by atoms with E-state index in [1.165, 1.54) is 57.8 Å². The van der Waals surface area contributed by atoms with Crippen molar-refractivity contribution in [1.29, 1.82) is 0 Å². The van der Waals surface area contributed by atoms with E-state index in [1.807, 2.05) is 0 Å². The number of hydrogen-bond acceptors (Lipinski definition) is 3. The third-order valence-corrected chi connectivity index (χ3v) is 7.57. The minimum absolute atomic E-state index is 0.131. The van der Waals surface area contributed by atoms with E-state index in [2.05, 4.69) is 49.9 Å². The molecule has 2 saturated carbocycles. The molecule has 0 aromatic carbocycles. The Labute approximate surface area is 162 Å². The van der Waals surface area contributed by atoms with E-state index in [0.29, 0.717) is 0 Å². The molecule has 3 rings (SSSR count). The Morgan fingerprint density at radius 1 is 1.04 bits per heavy atom. The summed E-state index contributed by atoms with van der Waals surface area (Å²) in [6.45, 7) is 6.72. The van der Waals surface area contributed by atoms with Gasteiger partial charge in [0.1, 0.15) is 5.72 Å². The Balaban J connectivity index is 1.67. The highest BCUT2D eigenvalue weighted by atomic mass is 16.5. The summed E-state index contributed by atoms with van der Waals surface area (Å²) in [5, 5.41) is 0. The first kappa shape index (κ1) is 20.4. The highest BCUT2D eigenvalue weighted by molar-refractivity contribution is 5.08. The zero-order chi connectivity index (χ0) is 18.6. The third kappa shape index (κ3) is 4.36. The average Bonchev–Trinajstić information content (AvgIpc) is 3.10. The molecular weight excluding hydrogens is 320 g/mol. The predicted octanol–water partition coefficient (Wildman–Crippen LogP) is 5.07. The predicted molar refractivity (Wildman–Crippen MR) is 110 cm³/mol. The number of hydrogen-bond donors (Lipinski definition) is 0. The molecule has 1 aliphatic heterocycles. The number of rotatable bonds is 6. The van der Waals surface area contributed by atoms with Crippen LogP contribution in [-0.2, 0) is 4.74 Å². The molecule has 0 N–H and O–H groups in total. The number of allylic oxidation sites excluding steroid dienone is 1. The van der Waals surface area contributed by atoms with Crippen molar-refractivity contribution in [3.05, 3.63) is 12.2 Å². The van der Waals surface area contributed by atoms with Crippen molar-refractivity contribution < 1.29 is 4.74 Å². The van der Waals surface area contributed by atoms with Gasteiger partial charge in [-0.15, -0.1) is 0 Å². The van der Waals surface area contributed by atoms with Crippen LogP contribution in [0, 0.1) is 11.8 Å². The van der Waals surface area contributed by atoms with Gasteiger partial charge in [-0.1, -0.05) is 39.2 Å². The van der Waals surface area contributed by atoms with Gasteiger partial charge in [0.05, 0.1) is 6.61 Å². The monoisotopic (exact) mass is 362 g/mol. The van der Waals surface area contributed by atoms with Crippen LogP contribution in [0.1, 0.15) is 78.1 Å². The first-order valence-corrected chi connectivity index (χ1v) is 11.4. The molecule has 3 heteroatoms. The minimum atomic E-state index is -0.131. The van der Waals surface area contributed by atoms with E-state index < -0.39 is 0 Å². The molecule has 3 atom stereocenters. The zero-order valence-corrected chi connectivity index (χ0v) is 17.8. The van der Waals surface area contributed by atoms with Gasteiger partial charge in [-0.05, 0) is 77.0 Å². The van der Waals surface area contributed by atoms with Gasteiger partial charge in [0.15, 0.2) is 0 Å². The molecule has 3 aliphatic rings. The molecule has 0 spiro atoms. The summed E-state index contributed by atoms with van der Waals surface area (Å²) in [4.78, 5) is 5.16. The van der Waals surface area contributed by atoms with Gasteiger partial charge >= 0.3 is 0 Å². The summed E-state index contributed by atoms with van der Waals surface area (Å²) >= 11 is 0. The quantitative estimate of drug-likeness (QED) is 0.614. The van der Waals surface area contributed by atoms with E-state index in [4.69, 9.17) is 4.74 Å². The van der Waals surface area contributed by atoms with E-state index >= 15 is 0 Å². The lowest BCUT2D eigenvalue weighted by molar-refractivity contribution is -0.0778. The molecule has 150 valence electrons. The number of ether oxygens (including phenoxy) is 1. The fraction of sp³-hybridized carbons (Fsp3) is 0.913. The van der Waals surface area contributed by atoms with Crippen molar-refractivity contribution in [2.75, 3.05) is 27.2 Å². The molecule has 2 aliphatic carbocycles. The van der Waals surface area contributed by atoms with Crippen LogP contribution in [0.4, 0.5) is 0 Å². The van der Waals surface area contributed by atoms with Crippen molar-refractivity contribution in [1.82, 2.24) is 9.80 Å². The molecular formula is C23H42N2O. The molecule has 0 aromatic heterocycles. The largest absolute Gasteiger partial charge is 0.355 e. The van der Waals surface area contributed by atoms with Gasteiger partial charge in [-0.3, -0.25) is 4.90 Å². The maximum absolute atomic E-state index is 6.43. The van der Waals surface area contributed by atoms with Gasteiger partial charge in [0.25, 0.3) is 0 Å².